The van der Waals surface area contributed by atoms with E-state index in [0.717, 1.165) is 61.1 Å². The summed E-state index contributed by atoms with van der Waals surface area (Å²) in [6.45, 7) is 2.78. The van der Waals surface area contributed by atoms with E-state index in [1.165, 1.54) is 13.8 Å². The molecule has 8 atom stereocenters. The van der Waals surface area contributed by atoms with Crippen LogP contribution >= 0.6 is 35.2 Å². The Labute approximate surface area is 369 Å². The largest absolute Gasteiger partial charge is 0.531 e. The van der Waals surface area contributed by atoms with Gasteiger partial charge in [-0.05, 0) is 11.5 Å². The van der Waals surface area contributed by atoms with Crippen molar-refractivity contribution in [2.45, 2.75) is 109 Å². The summed E-state index contributed by atoms with van der Waals surface area (Å²) in [7, 11) is -16.1. The second kappa shape index (κ2) is 26.0. The van der Waals surface area contributed by atoms with E-state index >= 15 is 0 Å². The molecule has 33 heteroatoms. The molecule has 11 N–H and O–H groups in total. The lowest BCUT2D eigenvalue weighted by Crippen LogP contribution is -2.46. The van der Waals surface area contributed by atoms with Gasteiger partial charge in [-0.2, -0.15) is 0 Å². The van der Waals surface area contributed by atoms with Crippen molar-refractivity contribution >= 4 is 69.1 Å². The highest BCUT2D eigenvalue weighted by Crippen LogP contribution is 2.50. The van der Waals surface area contributed by atoms with Crippen LogP contribution in [0.15, 0.2) is 12.7 Å². The number of thioether (sulfide) groups is 1. The molecule has 0 aliphatic carbocycles. The summed E-state index contributed by atoms with van der Waals surface area (Å²) in [4.78, 5) is 91.4. The van der Waals surface area contributed by atoms with Crippen LogP contribution in [-0.4, -0.2) is 134 Å². The second-order valence-electron chi connectivity index (χ2n) is 14.6. The fourth-order valence-corrected chi connectivity index (χ4v) is 7.83. The summed E-state index contributed by atoms with van der Waals surface area (Å²) in [5, 5.41) is 44.0. The summed E-state index contributed by atoms with van der Waals surface area (Å²) < 4.78 is 63.8. The first kappa shape index (κ1) is 55.7. The Bertz CT molecular complexity index is 1960. The summed E-state index contributed by atoms with van der Waals surface area (Å²) in [5.74, 6) is -1.20. The van der Waals surface area contributed by atoms with Crippen LogP contribution in [0.25, 0.3) is 11.2 Å². The molecule has 2 aromatic rings. The molecule has 0 spiro atoms. The zero-order valence-electron chi connectivity index (χ0n) is 34.7. The minimum atomic E-state index is -5.52. The van der Waals surface area contributed by atoms with Gasteiger partial charge in [0.25, 0.3) is 0 Å². The molecule has 3 unspecified atom stereocenters. The summed E-state index contributed by atoms with van der Waals surface area (Å²) in [5.41, 5.74) is 4.33. The Kier molecular flexibility index (Phi) is 22.7. The molecule has 0 saturated carbocycles. The van der Waals surface area contributed by atoms with Gasteiger partial charge in [0.05, 0.1) is 19.0 Å². The van der Waals surface area contributed by atoms with Crippen LogP contribution in [0.5, 0.6) is 0 Å². The minimum Gasteiger partial charge on any atom is -0.393 e. The first-order valence-corrected chi connectivity index (χ1v) is 24.8. The van der Waals surface area contributed by atoms with Crippen LogP contribution in [-0.2, 0) is 70.9 Å². The van der Waals surface area contributed by atoms with E-state index in [2.05, 4.69) is 70.5 Å². The molecule has 1 aliphatic rings. The van der Waals surface area contributed by atoms with Crippen molar-refractivity contribution < 1.29 is 106 Å². The predicted molar refractivity (Wildman–Crippen MR) is 215 cm³/mol. The average molecular weight is 1000 g/mol. The number of hydrogen-bond acceptors (Lipinski definition) is 23. The van der Waals surface area contributed by atoms with Gasteiger partial charge >= 0.3 is 23.5 Å². The van der Waals surface area contributed by atoms with Gasteiger partial charge in [0, 0.05) is 37.1 Å². The molecule has 64 heavy (non-hydrogen) atoms. The number of hydrogen-bond donors (Lipinski definition) is 10. The van der Waals surface area contributed by atoms with E-state index in [1.54, 1.807) is 0 Å². The minimum absolute atomic E-state index is 0.0207. The molecular weight excluding hydrogens is 947 g/mol. The third-order valence-corrected chi connectivity index (χ3v) is 11.5. The van der Waals surface area contributed by atoms with Gasteiger partial charge in [0.2, 0.25) is 11.8 Å². The predicted octanol–water partition coefficient (Wildman–Crippen LogP) is 0.503. The van der Waals surface area contributed by atoms with Crippen molar-refractivity contribution in [1.82, 2.24) is 30.2 Å². The molecule has 0 aromatic carbocycles. The number of aliphatic hydroxyl groups excluding tert-OH is 3. The van der Waals surface area contributed by atoms with Crippen LogP contribution in [0.4, 0.5) is 5.82 Å². The molecule has 1 aliphatic heterocycles. The van der Waals surface area contributed by atoms with Crippen molar-refractivity contribution in [2.75, 3.05) is 37.8 Å². The lowest BCUT2D eigenvalue weighted by molar-refractivity contribution is -0.494. The number of phosphoric ester groups is 2. The standard InChI is InChI=1S/C31H54N7O22P3S/c1-4-5-6-7-8-9-19(39)14-22(41)64-13-12-33-21(40)10-11-34-29(44)26(43)31(2,3)16-53-62(48,49)59-57-60-63(50,51)58-56-52-15-20-25(55-61(45,46)47)24(42)30(54-20)38-18-37-23-27(32)35-17-36-28(23)38/h17-20,24-26,30,39,42-43H,4-16H2,1-3H3,(H,33,40)(H,34,44)(H,48,49)(H,50,51)(H2,32,35,36)(H2,45,46,47)/t19-,20+,24?,25-,26-,30+/m0/s1. The topological polar surface area (TPSA) is 421 Å². The van der Waals surface area contributed by atoms with Gasteiger partial charge in [-0.3, -0.25) is 32.9 Å². The SMILES string of the molecule is CCCCCCC[C@H](O)CC(=O)SCCNC(=O)CCNC(=O)[C@H](O)C(C)(C)COP(=O)(O)OOOP(=O)(O)OOOC[C@H]1O[C@@H](n2cnc3c(N)ncnc32)C(O)[C@H]1OP(=O)(O)O. The Morgan fingerprint density at radius 3 is 2.36 bits per heavy atom. The first-order valence-electron chi connectivity index (χ1n) is 19.3. The fourth-order valence-electron chi connectivity index (χ4n) is 5.57. The number of aromatic nitrogens is 4. The Hall–Kier alpha value is -2.64. The third kappa shape index (κ3) is 19.3. The maximum Gasteiger partial charge on any atom is 0.531 e. The van der Waals surface area contributed by atoms with Crippen LogP contribution < -0.4 is 16.4 Å². The number of fused-ring (bicyclic) bond motifs is 1. The molecule has 2 amide bonds. The number of unbranched alkanes of at least 4 members (excludes halogenated alkanes) is 4. The molecule has 0 bridgehead atoms. The molecule has 366 valence electrons. The second-order valence-corrected chi connectivity index (χ2v) is 19.5. The number of nitrogen functional groups attached to an aromatic ring is 1. The normalized spacial score (nSPS) is 21.0. The molecule has 2 aromatic heterocycles. The number of nitrogens with one attached hydrogen (secondary N) is 2. The van der Waals surface area contributed by atoms with Crippen LogP contribution in [0, 0.1) is 5.41 Å². The van der Waals surface area contributed by atoms with E-state index in [9.17, 15) is 63.0 Å². The number of carbonyl (C=O) groups excluding carboxylic acids is 3. The van der Waals surface area contributed by atoms with Gasteiger partial charge in [-0.1, -0.05) is 83.7 Å². The lowest BCUT2D eigenvalue weighted by atomic mass is 9.87. The van der Waals surface area contributed by atoms with Gasteiger partial charge < -0.3 is 51.1 Å². The number of amides is 2. The summed E-state index contributed by atoms with van der Waals surface area (Å²) in [6.07, 6.45) is -1.47. The lowest BCUT2D eigenvalue weighted by Gasteiger charge is -2.29. The van der Waals surface area contributed by atoms with E-state index < -0.39 is 90.7 Å². The molecule has 29 nitrogen and oxygen atoms in total. The highest BCUT2D eigenvalue weighted by Gasteiger charge is 2.49. The van der Waals surface area contributed by atoms with E-state index in [-0.39, 0.29) is 53.8 Å². The maximum atomic E-state index is 12.5. The smallest absolute Gasteiger partial charge is 0.393 e. The highest BCUT2D eigenvalue weighted by molar-refractivity contribution is 8.13. The average Bonchev–Trinajstić information content (AvgIpc) is 3.77. The number of phosphoric acid groups is 3. The molecule has 3 rings (SSSR count). The Balaban J connectivity index is 1.33. The number of anilines is 1. The molecule has 1 saturated heterocycles. The monoisotopic (exact) mass is 1000 g/mol. The maximum absolute atomic E-state index is 12.5. The van der Waals surface area contributed by atoms with Crippen LogP contribution in [0.3, 0.4) is 0 Å². The van der Waals surface area contributed by atoms with E-state index in [1.807, 2.05) is 0 Å². The van der Waals surface area contributed by atoms with Gasteiger partial charge in [-0.15, -0.1) is 0 Å². The number of nitrogens with two attached hydrogens (primary N) is 1. The molecule has 1 fully saturated rings. The van der Waals surface area contributed by atoms with Crippen LogP contribution in [0.2, 0.25) is 0 Å². The number of imidazole rings is 1. The number of aliphatic hydroxyl groups is 3. The van der Waals surface area contributed by atoms with Crippen LogP contribution in [0.1, 0.15) is 78.4 Å². The molecule has 3 heterocycles. The van der Waals surface area contributed by atoms with Crippen molar-refractivity contribution in [3.63, 3.8) is 0 Å². The fraction of sp³-hybridized carbons (Fsp3) is 0.742. The van der Waals surface area contributed by atoms with Gasteiger partial charge in [0.1, 0.15) is 42.9 Å². The van der Waals surface area contributed by atoms with E-state index in [4.69, 9.17) is 10.5 Å². The number of carbonyl (C=O) groups is 3. The van der Waals surface area contributed by atoms with Gasteiger partial charge in [0.15, 0.2) is 22.8 Å². The highest BCUT2D eigenvalue weighted by atomic mass is 32.2. The first-order chi connectivity index (χ1) is 29.9. The summed E-state index contributed by atoms with van der Waals surface area (Å²) >= 11 is 0.984. The Morgan fingerprint density at radius 2 is 1.66 bits per heavy atom. The summed E-state index contributed by atoms with van der Waals surface area (Å²) in [6, 6.07) is 0. The number of rotatable bonds is 31. The zero-order valence-corrected chi connectivity index (χ0v) is 38.2. The number of nitrogens with zero attached hydrogens (tertiary/aromatic N) is 4. The van der Waals surface area contributed by atoms with Crippen molar-refractivity contribution in [2.24, 2.45) is 5.41 Å². The van der Waals surface area contributed by atoms with E-state index in [0.29, 0.717) is 6.42 Å². The van der Waals surface area contributed by atoms with Gasteiger partial charge in [-0.25, -0.2) is 33.5 Å². The zero-order chi connectivity index (χ0) is 47.7. The third-order valence-electron chi connectivity index (χ3n) is 8.85. The molecular formula is C31H54N7O22P3S. The van der Waals surface area contributed by atoms with Crippen molar-refractivity contribution in [1.29, 1.82) is 0 Å². The Morgan fingerprint density at radius 1 is 0.969 bits per heavy atom. The van der Waals surface area contributed by atoms with Crippen molar-refractivity contribution in [3.8, 4) is 0 Å². The van der Waals surface area contributed by atoms with Crippen molar-refractivity contribution in [3.05, 3.63) is 12.7 Å². The number of ether oxygens (including phenoxy) is 1. The molecule has 0 radical (unpaired) electrons. The quantitative estimate of drug-likeness (QED) is 0.0213.